The first-order valence-electron chi connectivity index (χ1n) is 9.40. The average Bonchev–Trinajstić information content (AvgIpc) is 3.04. The van der Waals surface area contributed by atoms with Crippen molar-refractivity contribution in [2.24, 2.45) is 5.73 Å². The third kappa shape index (κ3) is 4.49. The molecule has 0 radical (unpaired) electrons. The van der Waals surface area contributed by atoms with Crippen molar-refractivity contribution < 1.29 is 14.3 Å². The number of ether oxygens (including phenoxy) is 2. The maximum Gasteiger partial charge on any atom is 0.262 e. The molecule has 2 N–H and O–H groups in total. The molecule has 2 heterocycles. The molecule has 3 rings (SSSR count). The first-order valence-corrected chi connectivity index (χ1v) is 10.2. The van der Waals surface area contributed by atoms with Crippen LogP contribution >= 0.6 is 11.3 Å². The number of thiophene rings is 1. The monoisotopic (exact) mass is 415 g/mol. The fraction of sp³-hybridized carbons (Fsp3) is 0.381. The lowest BCUT2D eigenvalue weighted by atomic mass is 10.0. The Kier molecular flexibility index (Phi) is 6.66. The SMILES string of the molecule is COCCc1nc2sc(C)c(-c3cccc(OC)c3)c2c(=O)n1CCCC(N)=O. The number of carbonyl (C=O) groups is 1. The number of primary amides is 1. The molecule has 0 aliphatic carbocycles. The lowest BCUT2D eigenvalue weighted by molar-refractivity contribution is -0.118. The van der Waals surface area contributed by atoms with Crippen LogP contribution in [0.25, 0.3) is 21.3 Å². The summed E-state index contributed by atoms with van der Waals surface area (Å²) in [5.41, 5.74) is 6.95. The normalized spacial score (nSPS) is 11.1. The van der Waals surface area contributed by atoms with Crippen LogP contribution in [0.15, 0.2) is 29.1 Å². The summed E-state index contributed by atoms with van der Waals surface area (Å²) in [5.74, 6) is 1.01. The van der Waals surface area contributed by atoms with Gasteiger partial charge in [-0.05, 0) is 31.0 Å². The van der Waals surface area contributed by atoms with Crippen molar-refractivity contribution in [1.29, 1.82) is 0 Å². The van der Waals surface area contributed by atoms with E-state index in [9.17, 15) is 9.59 Å². The molecule has 2 aromatic heterocycles. The number of nitrogens with two attached hydrogens (primary N) is 1. The Balaban J connectivity index is 2.17. The second-order valence-corrected chi connectivity index (χ2v) is 7.95. The van der Waals surface area contributed by atoms with Crippen molar-refractivity contribution in [2.45, 2.75) is 32.7 Å². The van der Waals surface area contributed by atoms with Crippen molar-refractivity contribution in [3.8, 4) is 16.9 Å². The number of hydrogen-bond donors (Lipinski definition) is 1. The minimum atomic E-state index is -0.381. The van der Waals surface area contributed by atoms with E-state index in [2.05, 4.69) is 0 Å². The van der Waals surface area contributed by atoms with Crippen LogP contribution in [0.5, 0.6) is 5.75 Å². The highest BCUT2D eigenvalue weighted by Crippen LogP contribution is 2.37. The van der Waals surface area contributed by atoms with E-state index in [-0.39, 0.29) is 17.9 Å². The maximum atomic E-state index is 13.5. The summed E-state index contributed by atoms with van der Waals surface area (Å²) in [7, 11) is 3.23. The van der Waals surface area contributed by atoms with Gasteiger partial charge in [-0.2, -0.15) is 0 Å². The summed E-state index contributed by atoms with van der Waals surface area (Å²) in [5, 5.41) is 0.598. The standard InChI is InChI=1S/C21H25N3O4S/c1-13-18(14-6-4-7-15(12-14)28-3)19-20(29-13)23-17(9-11-27-2)24(21(19)26)10-5-8-16(22)25/h4,6-7,12H,5,8-11H2,1-3H3,(H2,22,25). The largest absolute Gasteiger partial charge is 0.497 e. The lowest BCUT2D eigenvalue weighted by Crippen LogP contribution is -2.26. The van der Waals surface area contributed by atoms with Gasteiger partial charge in [0.25, 0.3) is 5.56 Å². The Labute approximate surface area is 173 Å². The number of methoxy groups -OCH3 is 2. The van der Waals surface area contributed by atoms with Crippen molar-refractivity contribution in [2.75, 3.05) is 20.8 Å². The molecule has 0 fully saturated rings. The molecular weight excluding hydrogens is 390 g/mol. The second kappa shape index (κ2) is 9.19. The first-order chi connectivity index (χ1) is 14.0. The fourth-order valence-corrected chi connectivity index (χ4v) is 4.44. The zero-order chi connectivity index (χ0) is 21.0. The zero-order valence-electron chi connectivity index (χ0n) is 16.9. The van der Waals surface area contributed by atoms with E-state index in [0.717, 1.165) is 21.8 Å². The molecule has 0 unspecified atom stereocenters. The number of benzene rings is 1. The number of nitrogens with zero attached hydrogens (tertiary/aromatic N) is 2. The van der Waals surface area contributed by atoms with Crippen LogP contribution in [0.2, 0.25) is 0 Å². The van der Waals surface area contributed by atoms with Crippen molar-refractivity contribution in [3.63, 3.8) is 0 Å². The Hall–Kier alpha value is -2.71. The van der Waals surface area contributed by atoms with E-state index in [1.54, 1.807) is 18.8 Å². The third-order valence-electron chi connectivity index (χ3n) is 4.76. The molecule has 0 aliphatic heterocycles. The van der Waals surface area contributed by atoms with Crippen LogP contribution in [0.4, 0.5) is 0 Å². The van der Waals surface area contributed by atoms with Crippen molar-refractivity contribution >= 4 is 27.5 Å². The molecule has 154 valence electrons. The first kappa shape index (κ1) is 21.0. The van der Waals surface area contributed by atoms with Gasteiger partial charge in [0.2, 0.25) is 5.91 Å². The summed E-state index contributed by atoms with van der Waals surface area (Å²) in [6.45, 7) is 2.84. The molecule has 0 atom stereocenters. The van der Waals surface area contributed by atoms with E-state index in [0.29, 0.717) is 42.0 Å². The van der Waals surface area contributed by atoms with E-state index in [1.807, 2.05) is 31.2 Å². The van der Waals surface area contributed by atoms with Gasteiger partial charge in [-0.3, -0.25) is 14.2 Å². The molecule has 1 aromatic carbocycles. The second-order valence-electron chi connectivity index (χ2n) is 6.74. The van der Waals surface area contributed by atoms with Crippen LogP contribution in [-0.2, 0) is 22.5 Å². The number of carbonyl (C=O) groups excluding carboxylic acids is 1. The van der Waals surface area contributed by atoms with Crippen LogP contribution < -0.4 is 16.0 Å². The van der Waals surface area contributed by atoms with Crippen LogP contribution in [0.1, 0.15) is 23.5 Å². The topological polar surface area (TPSA) is 96.4 Å². The van der Waals surface area contributed by atoms with Crippen LogP contribution in [-0.4, -0.2) is 36.3 Å². The summed E-state index contributed by atoms with van der Waals surface area (Å²) >= 11 is 1.51. The van der Waals surface area contributed by atoms with Gasteiger partial charge in [0.1, 0.15) is 16.4 Å². The lowest BCUT2D eigenvalue weighted by Gasteiger charge is -2.13. The Bertz CT molecular complexity index is 1090. The van der Waals surface area contributed by atoms with Crippen LogP contribution in [0.3, 0.4) is 0 Å². The van der Waals surface area contributed by atoms with Gasteiger partial charge < -0.3 is 15.2 Å². The van der Waals surface area contributed by atoms with E-state index < -0.39 is 0 Å². The Morgan fingerprint density at radius 3 is 2.79 bits per heavy atom. The van der Waals surface area contributed by atoms with Gasteiger partial charge in [0, 0.05) is 36.9 Å². The summed E-state index contributed by atoms with van der Waals surface area (Å²) < 4.78 is 12.2. The average molecular weight is 416 g/mol. The Morgan fingerprint density at radius 1 is 1.31 bits per heavy atom. The highest BCUT2D eigenvalue weighted by molar-refractivity contribution is 7.19. The highest BCUT2D eigenvalue weighted by atomic mass is 32.1. The number of rotatable bonds is 9. The summed E-state index contributed by atoms with van der Waals surface area (Å²) in [4.78, 5) is 31.1. The van der Waals surface area contributed by atoms with Gasteiger partial charge in [-0.25, -0.2) is 4.98 Å². The molecule has 3 aromatic rings. The molecule has 1 amide bonds. The molecule has 0 aliphatic rings. The zero-order valence-corrected chi connectivity index (χ0v) is 17.7. The molecule has 0 saturated carbocycles. The summed E-state index contributed by atoms with van der Waals surface area (Å²) in [6, 6.07) is 7.66. The quantitative estimate of drug-likeness (QED) is 0.580. The predicted octanol–water partition coefficient (Wildman–Crippen LogP) is 2.90. The molecule has 0 saturated heterocycles. The van der Waals surface area contributed by atoms with E-state index in [1.165, 1.54) is 11.3 Å². The minimum Gasteiger partial charge on any atom is -0.497 e. The fourth-order valence-electron chi connectivity index (χ4n) is 3.39. The van der Waals surface area contributed by atoms with Crippen molar-refractivity contribution in [3.05, 3.63) is 45.3 Å². The predicted molar refractivity (Wildman–Crippen MR) is 115 cm³/mol. The third-order valence-corrected chi connectivity index (χ3v) is 5.76. The van der Waals surface area contributed by atoms with Gasteiger partial charge >= 0.3 is 0 Å². The number of hydrogen-bond acceptors (Lipinski definition) is 6. The number of aromatic nitrogens is 2. The van der Waals surface area contributed by atoms with Crippen LogP contribution in [0, 0.1) is 6.92 Å². The Morgan fingerprint density at radius 2 is 2.10 bits per heavy atom. The number of aryl methyl sites for hydroxylation is 1. The minimum absolute atomic E-state index is 0.104. The number of amides is 1. The molecule has 7 nitrogen and oxygen atoms in total. The molecular formula is C21H25N3O4S. The molecule has 29 heavy (non-hydrogen) atoms. The van der Waals surface area contributed by atoms with Gasteiger partial charge in [0.05, 0.1) is 19.1 Å². The van der Waals surface area contributed by atoms with E-state index >= 15 is 0 Å². The van der Waals surface area contributed by atoms with Gasteiger partial charge in [0.15, 0.2) is 0 Å². The van der Waals surface area contributed by atoms with E-state index in [4.69, 9.17) is 20.2 Å². The number of fused-ring (bicyclic) bond motifs is 1. The van der Waals surface area contributed by atoms with Crippen molar-refractivity contribution in [1.82, 2.24) is 9.55 Å². The molecule has 0 spiro atoms. The maximum absolute atomic E-state index is 13.5. The molecule has 0 bridgehead atoms. The molecule has 8 heteroatoms. The van der Waals surface area contributed by atoms with Gasteiger partial charge in [-0.15, -0.1) is 11.3 Å². The summed E-state index contributed by atoms with van der Waals surface area (Å²) in [6.07, 6.45) is 1.23. The smallest absolute Gasteiger partial charge is 0.262 e. The highest BCUT2D eigenvalue weighted by Gasteiger charge is 2.20. The van der Waals surface area contributed by atoms with Gasteiger partial charge in [-0.1, -0.05) is 12.1 Å².